The molecule has 0 aromatic heterocycles. The van der Waals surface area contributed by atoms with Gasteiger partial charge in [0, 0.05) is 0 Å². The van der Waals surface area contributed by atoms with Crippen molar-refractivity contribution in [1.82, 2.24) is 0 Å². The molecule has 0 rings (SSSR count). The minimum atomic E-state index is -4.66. The van der Waals surface area contributed by atoms with Crippen LogP contribution in [0.1, 0.15) is 39.0 Å². The molecule has 1 unspecified atom stereocenters. The van der Waals surface area contributed by atoms with Crippen LogP contribution in [0.4, 0.5) is 17.6 Å². The molecule has 0 aliphatic rings. The van der Waals surface area contributed by atoms with Gasteiger partial charge in [0.25, 0.3) is 0 Å². The number of hydrogen-bond acceptors (Lipinski definition) is 0. The van der Waals surface area contributed by atoms with Gasteiger partial charge in [-0.25, -0.2) is 4.39 Å². The Kier molecular flexibility index (Phi) is 5.25. The summed E-state index contributed by atoms with van der Waals surface area (Å²) in [5.74, 6) is 0. The predicted octanol–water partition coefficient (Wildman–Crippen LogP) is 3.86. The quantitative estimate of drug-likeness (QED) is 0.451. The molecule has 0 N–H and O–H groups in total. The summed E-state index contributed by atoms with van der Waals surface area (Å²) in [5, 5.41) is 0. The summed E-state index contributed by atoms with van der Waals surface area (Å²) in [6, 6.07) is 0. The fourth-order valence-electron chi connectivity index (χ4n) is 0.914. The molecule has 0 saturated heterocycles. The second kappa shape index (κ2) is 5.38. The molecule has 0 nitrogen and oxygen atoms in total. The standard InChI is InChI=1S/C8H14F4/c1-2-3-4-5-6-7(9)8(10,11)12/h7H,2-6H2,1H3. The van der Waals surface area contributed by atoms with Crippen molar-refractivity contribution in [2.45, 2.75) is 51.4 Å². The van der Waals surface area contributed by atoms with Gasteiger partial charge in [-0.2, -0.15) is 13.2 Å². The molecule has 12 heavy (non-hydrogen) atoms. The largest absolute Gasteiger partial charge is 0.419 e. The maximum atomic E-state index is 12.2. The Bertz CT molecular complexity index is 108. The third-order valence-corrected chi connectivity index (χ3v) is 1.67. The lowest BCUT2D eigenvalue weighted by Gasteiger charge is -2.11. The Labute approximate surface area is 70.0 Å². The van der Waals surface area contributed by atoms with Crippen LogP contribution in [0.15, 0.2) is 0 Å². The lowest BCUT2D eigenvalue weighted by Crippen LogP contribution is -2.23. The summed E-state index contributed by atoms with van der Waals surface area (Å²) in [6.45, 7) is 1.96. The van der Waals surface area contributed by atoms with Gasteiger partial charge >= 0.3 is 6.18 Å². The number of rotatable bonds is 5. The van der Waals surface area contributed by atoms with Crippen molar-refractivity contribution < 1.29 is 17.6 Å². The molecule has 0 radical (unpaired) electrons. The first-order valence-electron chi connectivity index (χ1n) is 4.19. The average molecular weight is 186 g/mol. The second-order valence-electron chi connectivity index (χ2n) is 2.86. The van der Waals surface area contributed by atoms with Crippen molar-refractivity contribution in [2.75, 3.05) is 0 Å². The molecule has 0 aromatic carbocycles. The van der Waals surface area contributed by atoms with Crippen LogP contribution in [0.2, 0.25) is 0 Å². The van der Waals surface area contributed by atoms with Crippen molar-refractivity contribution in [2.24, 2.45) is 0 Å². The van der Waals surface area contributed by atoms with Gasteiger partial charge in [-0.05, 0) is 6.42 Å². The van der Waals surface area contributed by atoms with Gasteiger partial charge in [0.05, 0.1) is 0 Å². The van der Waals surface area contributed by atoms with Gasteiger partial charge in [-0.1, -0.05) is 32.6 Å². The second-order valence-corrected chi connectivity index (χ2v) is 2.86. The first-order valence-corrected chi connectivity index (χ1v) is 4.19. The summed E-state index contributed by atoms with van der Waals surface area (Å²) in [5.41, 5.74) is 0. The van der Waals surface area contributed by atoms with Crippen molar-refractivity contribution in [3.63, 3.8) is 0 Å². The van der Waals surface area contributed by atoms with Gasteiger partial charge < -0.3 is 0 Å². The fraction of sp³-hybridized carbons (Fsp3) is 1.00. The lowest BCUT2D eigenvalue weighted by molar-refractivity contribution is -0.182. The SMILES string of the molecule is CCCCCCC(F)C(F)(F)F. The Morgan fingerprint density at radius 3 is 2.08 bits per heavy atom. The van der Waals surface area contributed by atoms with Gasteiger partial charge in [-0.3, -0.25) is 0 Å². The van der Waals surface area contributed by atoms with Crippen molar-refractivity contribution in [3.05, 3.63) is 0 Å². The molecule has 0 bridgehead atoms. The Hall–Kier alpha value is -0.280. The molecule has 74 valence electrons. The number of halogens is 4. The van der Waals surface area contributed by atoms with Crippen LogP contribution in [-0.2, 0) is 0 Å². The minimum absolute atomic E-state index is 0.328. The number of hydrogen-bond donors (Lipinski definition) is 0. The van der Waals surface area contributed by atoms with Crippen molar-refractivity contribution in [3.8, 4) is 0 Å². The first kappa shape index (κ1) is 11.7. The van der Waals surface area contributed by atoms with Gasteiger partial charge in [0.15, 0.2) is 6.17 Å². The van der Waals surface area contributed by atoms with Crippen LogP contribution < -0.4 is 0 Å². The van der Waals surface area contributed by atoms with Crippen LogP contribution in [-0.4, -0.2) is 12.3 Å². The molecule has 0 amide bonds. The summed E-state index contributed by atoms with van der Waals surface area (Å²) >= 11 is 0. The van der Waals surface area contributed by atoms with E-state index in [1.54, 1.807) is 0 Å². The van der Waals surface area contributed by atoms with E-state index in [1.807, 2.05) is 6.92 Å². The van der Waals surface area contributed by atoms with Crippen LogP contribution in [0.25, 0.3) is 0 Å². The first-order chi connectivity index (χ1) is 5.48. The number of unbranched alkanes of at least 4 members (excludes halogenated alkanes) is 3. The zero-order chi connectivity index (χ0) is 9.61. The summed E-state index contributed by atoms with van der Waals surface area (Å²) in [6.07, 6.45) is -4.83. The monoisotopic (exact) mass is 186 g/mol. The molecule has 0 spiro atoms. The van der Waals surface area contributed by atoms with E-state index in [-0.39, 0.29) is 6.42 Å². The van der Waals surface area contributed by atoms with Crippen molar-refractivity contribution >= 4 is 0 Å². The molecule has 4 heteroatoms. The highest BCUT2D eigenvalue weighted by Crippen LogP contribution is 2.26. The lowest BCUT2D eigenvalue weighted by atomic mass is 10.1. The third-order valence-electron chi connectivity index (χ3n) is 1.67. The maximum Gasteiger partial charge on any atom is 0.419 e. The molecular weight excluding hydrogens is 172 g/mol. The molecule has 0 aromatic rings. The predicted molar refractivity (Wildman–Crippen MR) is 39.7 cm³/mol. The molecular formula is C8H14F4. The normalized spacial score (nSPS) is 14.8. The van der Waals surface area contributed by atoms with Crippen LogP contribution in [0.5, 0.6) is 0 Å². The van der Waals surface area contributed by atoms with E-state index in [9.17, 15) is 17.6 Å². The van der Waals surface area contributed by atoms with Crippen LogP contribution >= 0.6 is 0 Å². The number of alkyl halides is 4. The summed E-state index contributed by atoms with van der Waals surface area (Å²) < 4.78 is 47.0. The molecule has 1 atom stereocenters. The maximum absolute atomic E-state index is 12.2. The average Bonchev–Trinajstić information content (AvgIpc) is 1.96. The smallest absolute Gasteiger partial charge is 0.237 e. The topological polar surface area (TPSA) is 0 Å². The van der Waals surface area contributed by atoms with E-state index in [0.717, 1.165) is 12.8 Å². The van der Waals surface area contributed by atoms with E-state index in [1.165, 1.54) is 0 Å². The zero-order valence-corrected chi connectivity index (χ0v) is 7.12. The molecule has 0 aliphatic heterocycles. The highest BCUT2D eigenvalue weighted by atomic mass is 19.4. The molecule has 0 fully saturated rings. The van der Waals surface area contributed by atoms with E-state index in [0.29, 0.717) is 12.8 Å². The third kappa shape index (κ3) is 5.38. The molecule has 0 saturated carbocycles. The van der Waals surface area contributed by atoms with E-state index < -0.39 is 12.3 Å². The fourth-order valence-corrected chi connectivity index (χ4v) is 0.914. The van der Waals surface area contributed by atoms with Gasteiger partial charge in [0.1, 0.15) is 0 Å². The molecule has 0 heterocycles. The summed E-state index contributed by atoms with van der Waals surface area (Å²) in [4.78, 5) is 0. The van der Waals surface area contributed by atoms with Crippen LogP contribution in [0.3, 0.4) is 0 Å². The highest BCUT2D eigenvalue weighted by Gasteiger charge is 2.39. The van der Waals surface area contributed by atoms with E-state index >= 15 is 0 Å². The summed E-state index contributed by atoms with van der Waals surface area (Å²) in [7, 11) is 0. The highest BCUT2D eigenvalue weighted by molar-refractivity contribution is 4.65. The Morgan fingerprint density at radius 1 is 1.08 bits per heavy atom. The zero-order valence-electron chi connectivity index (χ0n) is 7.12. The van der Waals surface area contributed by atoms with Gasteiger partial charge in [-0.15, -0.1) is 0 Å². The van der Waals surface area contributed by atoms with Crippen molar-refractivity contribution in [1.29, 1.82) is 0 Å². The van der Waals surface area contributed by atoms with E-state index in [4.69, 9.17) is 0 Å². The van der Waals surface area contributed by atoms with Crippen LogP contribution in [0, 0.1) is 0 Å². The Morgan fingerprint density at radius 2 is 1.67 bits per heavy atom. The Balaban J connectivity index is 3.38. The van der Waals surface area contributed by atoms with Gasteiger partial charge in [0.2, 0.25) is 0 Å². The molecule has 0 aliphatic carbocycles. The van der Waals surface area contributed by atoms with E-state index in [2.05, 4.69) is 0 Å². The minimum Gasteiger partial charge on any atom is -0.237 e.